The number of aromatic carboxylic acids is 1. The van der Waals surface area contributed by atoms with Crippen LogP contribution < -0.4 is 0 Å². The molecule has 13 heavy (non-hydrogen) atoms. The summed E-state index contributed by atoms with van der Waals surface area (Å²) >= 11 is 5.48. The van der Waals surface area contributed by atoms with Crippen LogP contribution >= 0.6 is 11.6 Å². The molecule has 0 spiro atoms. The van der Waals surface area contributed by atoms with Crippen LogP contribution in [0.15, 0.2) is 18.2 Å². The van der Waals surface area contributed by atoms with Crippen molar-refractivity contribution in [3.05, 3.63) is 38.9 Å². The maximum absolute atomic E-state index is 10.5. The van der Waals surface area contributed by atoms with Crippen LogP contribution in [0.3, 0.4) is 0 Å². The number of hydrogen-bond acceptors (Lipinski definition) is 3. The summed E-state index contributed by atoms with van der Waals surface area (Å²) in [6, 6.07) is 3.37. The molecule has 0 aliphatic rings. The van der Waals surface area contributed by atoms with Gasteiger partial charge < -0.3 is 5.11 Å². The van der Waals surface area contributed by atoms with Crippen molar-refractivity contribution in [2.24, 2.45) is 0 Å². The molecule has 0 saturated heterocycles. The van der Waals surface area contributed by atoms with Gasteiger partial charge in [0.2, 0.25) is 0 Å². The highest BCUT2D eigenvalue weighted by Gasteiger charge is 2.19. The monoisotopic (exact) mass is 202 g/mol. The lowest BCUT2D eigenvalue weighted by molar-refractivity contribution is -0.385. The van der Waals surface area contributed by atoms with E-state index in [0.29, 0.717) is 0 Å². The first-order valence-corrected chi connectivity index (χ1v) is 3.57. The summed E-state index contributed by atoms with van der Waals surface area (Å²) in [6.07, 6.45) is 0. The summed E-state index contributed by atoms with van der Waals surface area (Å²) in [4.78, 5) is 20.1. The first kappa shape index (κ1) is 9.47. The minimum absolute atomic E-state index is 0.156. The van der Waals surface area contributed by atoms with Crippen molar-refractivity contribution in [2.45, 2.75) is 0 Å². The molecule has 0 radical (unpaired) electrons. The fourth-order valence-corrected chi connectivity index (χ4v) is 1.01. The highest BCUT2D eigenvalue weighted by atomic mass is 35.5. The number of carboxylic acid groups (broad SMARTS) is 1. The van der Waals surface area contributed by atoms with Crippen molar-refractivity contribution < 1.29 is 14.8 Å². The van der Waals surface area contributed by atoms with Gasteiger partial charge in [-0.1, -0.05) is 11.6 Å². The lowest BCUT2D eigenvalue weighted by Gasteiger charge is -1.97. The Labute approximate surface area is 77.7 Å². The highest BCUT2D eigenvalue weighted by molar-refractivity contribution is 6.31. The number of carbonyl (C=O) groups is 1. The Balaban J connectivity index is 3.35. The molecule has 1 rings (SSSR count). The summed E-state index contributed by atoms with van der Waals surface area (Å²) in [7, 11) is 0. The lowest BCUT2D eigenvalue weighted by atomic mass is 10.2. The SMILES string of the molecule is O=[13C](O)c1cc(Cl)ccc1[N+](=O)[O-]. The van der Waals surface area contributed by atoms with Gasteiger partial charge in [0.25, 0.3) is 5.69 Å². The number of hydrogen-bond donors (Lipinski definition) is 1. The lowest BCUT2D eigenvalue weighted by Crippen LogP contribution is -2.02. The fourth-order valence-electron chi connectivity index (χ4n) is 0.839. The van der Waals surface area contributed by atoms with Gasteiger partial charge in [0.15, 0.2) is 0 Å². The van der Waals surface area contributed by atoms with Crippen LogP contribution in [0.2, 0.25) is 5.02 Å². The second kappa shape index (κ2) is 3.40. The minimum atomic E-state index is -1.37. The van der Waals surface area contributed by atoms with E-state index in [1.807, 2.05) is 0 Å². The van der Waals surface area contributed by atoms with Crippen molar-refractivity contribution in [2.75, 3.05) is 0 Å². The smallest absolute Gasteiger partial charge is 0.342 e. The van der Waals surface area contributed by atoms with Crippen molar-refractivity contribution in [3.8, 4) is 0 Å². The van der Waals surface area contributed by atoms with Crippen LogP contribution in [-0.4, -0.2) is 16.0 Å². The summed E-state index contributed by atoms with van der Waals surface area (Å²) < 4.78 is 0. The molecular formula is C7H4ClNO4. The number of nitrogens with zero attached hydrogens (tertiary/aromatic N) is 1. The van der Waals surface area contributed by atoms with Crippen LogP contribution in [0.25, 0.3) is 0 Å². The number of nitro benzene ring substituents is 1. The average molecular weight is 203 g/mol. The van der Waals surface area contributed by atoms with Crippen LogP contribution in [-0.2, 0) is 0 Å². The Kier molecular flexibility index (Phi) is 2.48. The van der Waals surface area contributed by atoms with Gasteiger partial charge in [-0.2, -0.15) is 0 Å². The molecule has 0 aliphatic carbocycles. The first-order chi connectivity index (χ1) is 6.02. The van der Waals surface area contributed by atoms with E-state index >= 15 is 0 Å². The van der Waals surface area contributed by atoms with E-state index in [1.54, 1.807) is 0 Å². The second-order valence-electron chi connectivity index (χ2n) is 2.22. The summed E-state index contributed by atoms with van der Waals surface area (Å²) in [5.74, 6) is -1.37. The van der Waals surface area contributed by atoms with Gasteiger partial charge in [-0.3, -0.25) is 10.1 Å². The minimum Gasteiger partial charge on any atom is -0.477 e. The maximum atomic E-state index is 10.5. The maximum Gasteiger partial charge on any atom is 0.342 e. The van der Waals surface area contributed by atoms with E-state index in [-0.39, 0.29) is 5.02 Å². The molecule has 0 atom stereocenters. The normalized spacial score (nSPS) is 9.62. The van der Waals surface area contributed by atoms with Gasteiger partial charge in [0.05, 0.1) is 4.92 Å². The van der Waals surface area contributed by atoms with Crippen LogP contribution in [0.1, 0.15) is 10.4 Å². The molecule has 0 heterocycles. The zero-order valence-electron chi connectivity index (χ0n) is 6.23. The van der Waals surface area contributed by atoms with E-state index in [9.17, 15) is 14.9 Å². The number of benzene rings is 1. The van der Waals surface area contributed by atoms with Gasteiger partial charge in [-0.15, -0.1) is 0 Å². The molecule has 0 aromatic heterocycles. The average Bonchev–Trinajstić information content (AvgIpc) is 2.03. The molecule has 1 N–H and O–H groups in total. The van der Waals surface area contributed by atoms with Gasteiger partial charge in [-0.05, 0) is 12.1 Å². The third-order valence-corrected chi connectivity index (χ3v) is 1.62. The standard InChI is InChI=1S/C7H4ClNO4/c8-4-1-2-6(9(12)13)5(3-4)7(10)11/h1-3H,(H,10,11)/i7+1. The second-order valence-corrected chi connectivity index (χ2v) is 2.66. The topological polar surface area (TPSA) is 80.4 Å². The van der Waals surface area contributed by atoms with E-state index in [2.05, 4.69) is 0 Å². The van der Waals surface area contributed by atoms with Crippen molar-refractivity contribution in [3.63, 3.8) is 0 Å². The predicted molar refractivity (Wildman–Crippen MR) is 45.1 cm³/mol. The van der Waals surface area contributed by atoms with E-state index in [4.69, 9.17) is 16.7 Å². The van der Waals surface area contributed by atoms with E-state index in [1.165, 1.54) is 6.07 Å². The third-order valence-electron chi connectivity index (χ3n) is 1.39. The number of rotatable bonds is 2. The summed E-state index contributed by atoms with van der Waals surface area (Å²) in [6.45, 7) is 0. The molecule has 0 amide bonds. The predicted octanol–water partition coefficient (Wildman–Crippen LogP) is 1.95. The highest BCUT2D eigenvalue weighted by Crippen LogP contribution is 2.22. The largest absolute Gasteiger partial charge is 0.477 e. The van der Waals surface area contributed by atoms with Gasteiger partial charge in [0, 0.05) is 11.1 Å². The molecule has 0 bridgehead atoms. The Hall–Kier alpha value is -1.62. The molecule has 68 valence electrons. The molecule has 1 aromatic carbocycles. The molecule has 0 aliphatic heterocycles. The summed E-state index contributed by atoms with van der Waals surface area (Å²) in [5.41, 5.74) is -0.866. The molecule has 5 nitrogen and oxygen atoms in total. The Morgan fingerprint density at radius 1 is 1.54 bits per heavy atom. The van der Waals surface area contributed by atoms with Crippen molar-refractivity contribution >= 4 is 23.3 Å². The van der Waals surface area contributed by atoms with Crippen LogP contribution in [0, 0.1) is 10.1 Å². The van der Waals surface area contributed by atoms with Crippen LogP contribution in [0.4, 0.5) is 5.69 Å². The summed E-state index contributed by atoms with van der Waals surface area (Å²) in [5, 5.41) is 19.1. The van der Waals surface area contributed by atoms with E-state index < -0.39 is 22.1 Å². The molecule has 1 aromatic rings. The molecule has 6 heteroatoms. The number of carboxylic acids is 1. The molecule has 0 fully saturated rings. The number of nitro groups is 1. The number of halogens is 1. The quantitative estimate of drug-likeness (QED) is 0.452. The Bertz CT molecular complexity index is 377. The zero-order valence-corrected chi connectivity index (χ0v) is 6.99. The fraction of sp³-hybridized carbons (Fsp3) is 0. The van der Waals surface area contributed by atoms with Gasteiger partial charge >= 0.3 is 5.97 Å². The van der Waals surface area contributed by atoms with Crippen LogP contribution in [0.5, 0.6) is 0 Å². The van der Waals surface area contributed by atoms with E-state index in [0.717, 1.165) is 12.1 Å². The molecule has 0 saturated carbocycles. The zero-order chi connectivity index (χ0) is 10.0. The van der Waals surface area contributed by atoms with Crippen molar-refractivity contribution in [1.29, 1.82) is 0 Å². The third kappa shape index (κ3) is 1.94. The Morgan fingerprint density at radius 3 is 2.62 bits per heavy atom. The first-order valence-electron chi connectivity index (χ1n) is 3.19. The Morgan fingerprint density at radius 2 is 2.15 bits per heavy atom. The van der Waals surface area contributed by atoms with Crippen molar-refractivity contribution in [1.82, 2.24) is 0 Å². The van der Waals surface area contributed by atoms with Gasteiger partial charge in [0.1, 0.15) is 5.56 Å². The molecular weight excluding hydrogens is 199 g/mol. The van der Waals surface area contributed by atoms with Gasteiger partial charge in [-0.25, -0.2) is 4.79 Å². The molecule has 0 unspecified atom stereocenters.